The molecule has 1 heterocycles. The molecule has 0 amide bonds. The lowest BCUT2D eigenvalue weighted by molar-refractivity contribution is -0.131. The molecule has 0 spiro atoms. The summed E-state index contributed by atoms with van der Waals surface area (Å²) in [4.78, 5) is 11.3. The van der Waals surface area contributed by atoms with Gasteiger partial charge in [-0.3, -0.25) is 9.48 Å². The fourth-order valence-electron chi connectivity index (χ4n) is 2.36. The third-order valence-corrected chi connectivity index (χ3v) is 3.28. The van der Waals surface area contributed by atoms with Crippen molar-refractivity contribution in [3.63, 3.8) is 0 Å². The number of nitrogens with zero attached hydrogens (tertiary/aromatic N) is 2. The standard InChI is InChI=1S/C18H16N2O2/c1-14(21)22-17-12-19-20(13-15-8-4-2-5-9-15)18(17)16-10-6-3-7-11-16/h2-12H,13H2,1H3. The normalized spacial score (nSPS) is 10.4. The Morgan fingerprint density at radius 1 is 1.05 bits per heavy atom. The zero-order valence-corrected chi connectivity index (χ0v) is 12.3. The molecule has 1 aromatic heterocycles. The first kappa shape index (κ1) is 14.1. The van der Waals surface area contributed by atoms with Gasteiger partial charge in [-0.25, -0.2) is 0 Å². The molecule has 0 aliphatic rings. The maximum Gasteiger partial charge on any atom is 0.308 e. The molecule has 0 radical (unpaired) electrons. The minimum absolute atomic E-state index is 0.351. The Balaban J connectivity index is 2.03. The molecule has 4 heteroatoms. The molecule has 0 N–H and O–H groups in total. The van der Waals surface area contributed by atoms with Crippen molar-refractivity contribution in [1.29, 1.82) is 0 Å². The molecule has 0 unspecified atom stereocenters. The van der Waals surface area contributed by atoms with Crippen molar-refractivity contribution < 1.29 is 9.53 Å². The van der Waals surface area contributed by atoms with E-state index in [4.69, 9.17) is 4.74 Å². The molecule has 2 aromatic carbocycles. The number of aromatic nitrogens is 2. The van der Waals surface area contributed by atoms with Gasteiger partial charge in [-0.2, -0.15) is 5.10 Å². The van der Waals surface area contributed by atoms with E-state index < -0.39 is 0 Å². The topological polar surface area (TPSA) is 44.1 Å². The molecule has 0 saturated heterocycles. The van der Waals surface area contributed by atoms with Crippen molar-refractivity contribution >= 4 is 5.97 Å². The molecule has 3 aromatic rings. The Hall–Kier alpha value is -2.88. The van der Waals surface area contributed by atoms with Gasteiger partial charge in [0.2, 0.25) is 0 Å². The number of ether oxygens (including phenoxy) is 1. The summed E-state index contributed by atoms with van der Waals surface area (Å²) in [6, 6.07) is 19.9. The van der Waals surface area contributed by atoms with E-state index in [1.54, 1.807) is 6.20 Å². The third-order valence-electron chi connectivity index (χ3n) is 3.28. The molecule has 0 fully saturated rings. The monoisotopic (exact) mass is 292 g/mol. The van der Waals surface area contributed by atoms with Crippen LogP contribution in [-0.4, -0.2) is 15.7 Å². The highest BCUT2D eigenvalue weighted by Gasteiger charge is 2.16. The van der Waals surface area contributed by atoms with Gasteiger partial charge in [0.05, 0.1) is 12.7 Å². The second-order valence-electron chi connectivity index (χ2n) is 4.96. The van der Waals surface area contributed by atoms with Gasteiger partial charge < -0.3 is 4.74 Å². The minimum atomic E-state index is -0.351. The van der Waals surface area contributed by atoms with Crippen LogP contribution in [0.3, 0.4) is 0 Å². The van der Waals surface area contributed by atoms with Crippen LogP contribution in [0.4, 0.5) is 0 Å². The Kier molecular flexibility index (Phi) is 4.01. The Bertz CT molecular complexity index is 764. The van der Waals surface area contributed by atoms with Crippen LogP contribution in [-0.2, 0) is 11.3 Å². The van der Waals surface area contributed by atoms with Crippen molar-refractivity contribution in [3.8, 4) is 17.0 Å². The lowest BCUT2D eigenvalue weighted by Crippen LogP contribution is -2.06. The summed E-state index contributed by atoms with van der Waals surface area (Å²) < 4.78 is 7.15. The smallest absolute Gasteiger partial charge is 0.308 e. The molecule has 0 aliphatic heterocycles. The van der Waals surface area contributed by atoms with Gasteiger partial charge in [0.25, 0.3) is 0 Å². The van der Waals surface area contributed by atoms with Crippen LogP contribution in [0.25, 0.3) is 11.3 Å². The van der Waals surface area contributed by atoms with E-state index >= 15 is 0 Å². The van der Waals surface area contributed by atoms with Crippen molar-refractivity contribution in [2.24, 2.45) is 0 Å². The summed E-state index contributed by atoms with van der Waals surface area (Å²) in [5.41, 5.74) is 2.91. The second kappa shape index (κ2) is 6.26. The van der Waals surface area contributed by atoms with Gasteiger partial charge in [0.15, 0.2) is 5.75 Å². The SMILES string of the molecule is CC(=O)Oc1cnn(Cc2ccccc2)c1-c1ccccc1. The van der Waals surface area contributed by atoms with Gasteiger partial charge in [-0.05, 0) is 5.56 Å². The average molecular weight is 292 g/mol. The number of esters is 1. The van der Waals surface area contributed by atoms with Gasteiger partial charge in [-0.1, -0.05) is 60.7 Å². The van der Waals surface area contributed by atoms with Crippen LogP contribution in [0.2, 0.25) is 0 Å². The largest absolute Gasteiger partial charge is 0.423 e. The highest BCUT2D eigenvalue weighted by Crippen LogP contribution is 2.30. The molecule has 0 bridgehead atoms. The van der Waals surface area contributed by atoms with Crippen LogP contribution in [0.5, 0.6) is 5.75 Å². The van der Waals surface area contributed by atoms with Crippen molar-refractivity contribution in [3.05, 3.63) is 72.4 Å². The summed E-state index contributed by atoms with van der Waals surface area (Å²) in [5, 5.41) is 4.38. The summed E-state index contributed by atoms with van der Waals surface area (Å²) in [7, 11) is 0. The zero-order chi connectivity index (χ0) is 15.4. The molecule has 3 rings (SSSR count). The molecule has 4 nitrogen and oxygen atoms in total. The van der Waals surface area contributed by atoms with E-state index in [-0.39, 0.29) is 5.97 Å². The van der Waals surface area contributed by atoms with E-state index in [9.17, 15) is 4.79 Å². The Morgan fingerprint density at radius 2 is 1.68 bits per heavy atom. The highest BCUT2D eigenvalue weighted by atomic mass is 16.5. The molecule has 0 saturated carbocycles. The average Bonchev–Trinajstić information content (AvgIpc) is 2.91. The molecular formula is C18H16N2O2. The van der Waals surface area contributed by atoms with E-state index in [2.05, 4.69) is 5.10 Å². The highest BCUT2D eigenvalue weighted by molar-refractivity contribution is 5.74. The number of hydrogen-bond donors (Lipinski definition) is 0. The number of rotatable bonds is 4. The van der Waals surface area contributed by atoms with Crippen LogP contribution >= 0.6 is 0 Å². The lowest BCUT2D eigenvalue weighted by Gasteiger charge is -2.09. The summed E-state index contributed by atoms with van der Waals surface area (Å²) in [5.74, 6) is 0.131. The van der Waals surface area contributed by atoms with Gasteiger partial charge in [0, 0.05) is 12.5 Å². The molecular weight excluding hydrogens is 276 g/mol. The lowest BCUT2D eigenvalue weighted by atomic mass is 10.1. The molecule has 0 aliphatic carbocycles. The Labute approximate surface area is 129 Å². The first-order valence-electron chi connectivity index (χ1n) is 7.07. The van der Waals surface area contributed by atoms with Crippen LogP contribution in [0.15, 0.2) is 66.9 Å². The zero-order valence-electron chi connectivity index (χ0n) is 12.3. The number of carbonyl (C=O) groups is 1. The number of hydrogen-bond acceptors (Lipinski definition) is 3. The van der Waals surface area contributed by atoms with Crippen LogP contribution < -0.4 is 4.74 Å². The molecule has 110 valence electrons. The van der Waals surface area contributed by atoms with Crippen molar-refractivity contribution in [2.45, 2.75) is 13.5 Å². The van der Waals surface area contributed by atoms with Crippen LogP contribution in [0.1, 0.15) is 12.5 Å². The van der Waals surface area contributed by atoms with Crippen molar-refractivity contribution in [2.75, 3.05) is 0 Å². The first-order chi connectivity index (χ1) is 10.7. The minimum Gasteiger partial charge on any atom is -0.423 e. The van der Waals surface area contributed by atoms with Gasteiger partial charge in [0.1, 0.15) is 5.69 Å². The predicted octanol–water partition coefficient (Wildman–Crippen LogP) is 3.52. The van der Waals surface area contributed by atoms with E-state index in [1.807, 2.05) is 65.3 Å². The maximum atomic E-state index is 11.3. The van der Waals surface area contributed by atoms with E-state index in [0.29, 0.717) is 12.3 Å². The predicted molar refractivity (Wildman–Crippen MR) is 84.5 cm³/mol. The Morgan fingerprint density at radius 3 is 2.32 bits per heavy atom. The first-order valence-corrected chi connectivity index (χ1v) is 7.07. The van der Waals surface area contributed by atoms with Gasteiger partial charge in [-0.15, -0.1) is 0 Å². The molecule has 0 atom stereocenters. The fourth-order valence-corrected chi connectivity index (χ4v) is 2.36. The summed E-state index contributed by atoms with van der Waals surface area (Å²) in [6.07, 6.45) is 1.59. The third kappa shape index (κ3) is 3.06. The fraction of sp³-hybridized carbons (Fsp3) is 0.111. The van der Waals surface area contributed by atoms with Crippen LogP contribution in [0, 0.1) is 0 Å². The number of carbonyl (C=O) groups excluding carboxylic acids is 1. The van der Waals surface area contributed by atoms with Crippen molar-refractivity contribution in [1.82, 2.24) is 9.78 Å². The van der Waals surface area contributed by atoms with Gasteiger partial charge >= 0.3 is 5.97 Å². The molecule has 22 heavy (non-hydrogen) atoms. The summed E-state index contributed by atoms with van der Waals surface area (Å²) in [6.45, 7) is 2.01. The van der Waals surface area contributed by atoms with E-state index in [1.165, 1.54) is 6.92 Å². The summed E-state index contributed by atoms with van der Waals surface area (Å²) >= 11 is 0. The van der Waals surface area contributed by atoms with E-state index in [0.717, 1.165) is 16.8 Å². The maximum absolute atomic E-state index is 11.3. The number of benzene rings is 2. The quantitative estimate of drug-likeness (QED) is 0.691. The second-order valence-corrected chi connectivity index (χ2v) is 4.96.